The van der Waals surface area contributed by atoms with Gasteiger partial charge in [0.1, 0.15) is 11.8 Å². The third-order valence-corrected chi connectivity index (χ3v) is 4.34. The Balaban J connectivity index is 1.90. The molecule has 0 aromatic heterocycles. The summed E-state index contributed by atoms with van der Waals surface area (Å²) in [5.41, 5.74) is 1.70. The quantitative estimate of drug-likeness (QED) is 0.220. The van der Waals surface area contributed by atoms with Crippen LogP contribution in [-0.4, -0.2) is 23.5 Å². The van der Waals surface area contributed by atoms with Gasteiger partial charge in [-0.25, -0.2) is 0 Å². The molecule has 148 valence electrons. The van der Waals surface area contributed by atoms with E-state index in [1.165, 1.54) is 57.1 Å². The topological polar surface area (TPSA) is 27.7 Å². The van der Waals surface area contributed by atoms with Gasteiger partial charge in [0.05, 0.1) is 5.10 Å². The highest BCUT2D eigenvalue weighted by molar-refractivity contribution is 5.86. The number of nitrogens with zero attached hydrogens (tertiary/aromatic N) is 3. The number of hydrogen-bond acceptors (Lipinski definition) is 2. The molecule has 0 amide bonds. The average molecular weight is 361 g/mol. The van der Waals surface area contributed by atoms with Crippen molar-refractivity contribution in [2.75, 3.05) is 13.1 Å². The van der Waals surface area contributed by atoms with Gasteiger partial charge in [-0.3, -0.25) is 0 Å². The highest BCUT2D eigenvalue weighted by Gasteiger charge is 2.25. The Morgan fingerprint density at radius 1 is 0.846 bits per heavy atom. The maximum atomic E-state index is 4.34. The van der Waals surface area contributed by atoms with Gasteiger partial charge in [-0.05, 0) is 45.4 Å². The van der Waals surface area contributed by atoms with Gasteiger partial charge in [0.2, 0.25) is 5.71 Å². The minimum Gasteiger partial charge on any atom is -0.157 e. The van der Waals surface area contributed by atoms with Gasteiger partial charge in [0.25, 0.3) is 0 Å². The van der Waals surface area contributed by atoms with E-state index in [1.807, 2.05) is 0 Å². The van der Waals surface area contributed by atoms with Crippen molar-refractivity contribution in [3.63, 3.8) is 0 Å². The monoisotopic (exact) mass is 360 g/mol. The molecule has 0 aromatic carbocycles. The highest BCUT2D eigenvalue weighted by Crippen LogP contribution is 2.21. The molecule has 1 aliphatic rings. The van der Waals surface area contributed by atoms with Crippen molar-refractivity contribution in [3.8, 4) is 11.8 Å². The van der Waals surface area contributed by atoms with Gasteiger partial charge < -0.3 is 0 Å². The van der Waals surface area contributed by atoms with Gasteiger partial charge in [-0.2, -0.15) is 4.70 Å². The Kier molecular flexibility index (Phi) is 10.1. The molecule has 3 heteroatoms. The van der Waals surface area contributed by atoms with E-state index in [0.717, 1.165) is 25.9 Å². The normalized spacial score (nSPS) is 14.7. The smallest absolute Gasteiger partial charge is 0.157 e. The van der Waals surface area contributed by atoms with Gasteiger partial charge >= 0.3 is 0 Å². The minimum atomic E-state index is 0.155. The van der Waals surface area contributed by atoms with Crippen molar-refractivity contribution in [1.29, 1.82) is 0 Å². The average Bonchev–Trinajstić information content (AvgIpc) is 2.92. The summed E-state index contributed by atoms with van der Waals surface area (Å²) in [6.45, 7) is 15.3. The molecule has 0 aliphatic carbocycles. The molecule has 1 aliphatic heterocycles. The second kappa shape index (κ2) is 11.5. The summed E-state index contributed by atoms with van der Waals surface area (Å²) in [6.07, 6.45) is 12.7. The molecule has 0 aromatic rings. The van der Waals surface area contributed by atoms with Crippen LogP contribution in [0.25, 0.3) is 0 Å². The SMILES string of the molecule is CC(C)(C)C#CCCCCCCCCCC[N+]1=NN=C(CC(C)(C)C)C1. The van der Waals surface area contributed by atoms with Crippen LogP contribution in [0.5, 0.6) is 0 Å². The summed E-state index contributed by atoms with van der Waals surface area (Å²) in [5.74, 6) is 6.63. The maximum Gasteiger partial charge on any atom is 0.201 e. The second-order valence-electron chi connectivity index (χ2n) is 10.0. The lowest BCUT2D eigenvalue weighted by Gasteiger charge is -2.14. The lowest BCUT2D eigenvalue weighted by Crippen LogP contribution is -2.20. The zero-order valence-electron chi connectivity index (χ0n) is 18.3. The van der Waals surface area contributed by atoms with E-state index < -0.39 is 0 Å². The van der Waals surface area contributed by atoms with Crippen molar-refractivity contribution in [1.82, 2.24) is 0 Å². The van der Waals surface area contributed by atoms with Crippen LogP contribution in [-0.2, 0) is 0 Å². The highest BCUT2D eigenvalue weighted by atomic mass is 15.5. The third kappa shape index (κ3) is 13.1. The zero-order valence-corrected chi connectivity index (χ0v) is 18.3. The molecule has 0 fully saturated rings. The van der Waals surface area contributed by atoms with Crippen LogP contribution in [0.3, 0.4) is 0 Å². The Morgan fingerprint density at radius 2 is 1.42 bits per heavy atom. The minimum absolute atomic E-state index is 0.155. The van der Waals surface area contributed by atoms with Crippen LogP contribution >= 0.6 is 0 Å². The van der Waals surface area contributed by atoms with Crippen molar-refractivity contribution in [3.05, 3.63) is 0 Å². The van der Waals surface area contributed by atoms with Crippen LogP contribution < -0.4 is 0 Å². The Labute approximate surface area is 162 Å². The van der Waals surface area contributed by atoms with Gasteiger partial charge in [0.15, 0.2) is 6.54 Å². The predicted molar refractivity (Wildman–Crippen MR) is 113 cm³/mol. The van der Waals surface area contributed by atoms with Gasteiger partial charge in [-0.15, -0.1) is 5.92 Å². The molecule has 0 atom stereocenters. The van der Waals surface area contributed by atoms with Crippen molar-refractivity contribution < 1.29 is 4.70 Å². The molecule has 3 nitrogen and oxygen atoms in total. The third-order valence-electron chi connectivity index (χ3n) is 4.34. The molecule has 1 heterocycles. The van der Waals surface area contributed by atoms with E-state index in [1.54, 1.807) is 0 Å². The van der Waals surface area contributed by atoms with Gasteiger partial charge in [0, 0.05) is 18.3 Å². The molecular weight excluding hydrogens is 318 g/mol. The predicted octanol–water partition coefficient (Wildman–Crippen LogP) is 6.82. The summed E-state index contributed by atoms with van der Waals surface area (Å²) >= 11 is 0. The van der Waals surface area contributed by atoms with Crippen LogP contribution in [0.2, 0.25) is 0 Å². The first-order chi connectivity index (χ1) is 12.2. The number of hydrogen-bond donors (Lipinski definition) is 0. The van der Waals surface area contributed by atoms with E-state index in [0.29, 0.717) is 5.41 Å². The van der Waals surface area contributed by atoms with Crippen LogP contribution in [0.4, 0.5) is 0 Å². The standard InChI is InChI=1S/C23H42N3/c1-22(2,3)17-15-13-11-9-7-8-10-12-14-16-18-26-20-21(24-25-26)19-23(4,5)6/h7-14,16,18-20H2,1-6H3/q+1. The fourth-order valence-electron chi connectivity index (χ4n) is 3.12. The van der Waals surface area contributed by atoms with E-state index in [2.05, 4.69) is 68.4 Å². The van der Waals surface area contributed by atoms with E-state index >= 15 is 0 Å². The molecule has 0 spiro atoms. The lowest BCUT2D eigenvalue weighted by atomic mass is 9.89. The van der Waals surface area contributed by atoms with Crippen molar-refractivity contribution in [2.45, 2.75) is 106 Å². The Hall–Kier alpha value is -1.17. The molecule has 0 unspecified atom stereocenters. The van der Waals surface area contributed by atoms with Crippen molar-refractivity contribution >= 4 is 5.71 Å². The lowest BCUT2D eigenvalue weighted by molar-refractivity contribution is -0.576. The molecule has 1 rings (SSSR count). The van der Waals surface area contributed by atoms with E-state index in [4.69, 9.17) is 0 Å². The van der Waals surface area contributed by atoms with Crippen molar-refractivity contribution in [2.24, 2.45) is 21.2 Å². The molecule has 0 bridgehead atoms. The number of unbranched alkanes of at least 4 members (excludes halogenated alkanes) is 8. The summed E-state index contributed by atoms with van der Waals surface area (Å²) in [4.78, 5) is 0. The first-order valence-corrected chi connectivity index (χ1v) is 10.7. The molecular formula is C23H42N3+. The van der Waals surface area contributed by atoms with E-state index in [-0.39, 0.29) is 5.41 Å². The van der Waals surface area contributed by atoms with E-state index in [9.17, 15) is 0 Å². The fraction of sp³-hybridized carbons (Fsp3) is 0.870. The first kappa shape index (κ1) is 22.9. The Bertz CT molecular complexity index is 518. The van der Waals surface area contributed by atoms with Gasteiger partial charge in [-0.1, -0.05) is 58.8 Å². The summed E-state index contributed by atoms with van der Waals surface area (Å²) in [6, 6.07) is 0. The molecule has 0 saturated heterocycles. The first-order valence-electron chi connectivity index (χ1n) is 10.7. The van der Waals surface area contributed by atoms with Crippen LogP contribution in [0.15, 0.2) is 10.3 Å². The molecule has 26 heavy (non-hydrogen) atoms. The largest absolute Gasteiger partial charge is 0.201 e. The fourth-order valence-corrected chi connectivity index (χ4v) is 3.12. The number of rotatable bonds is 11. The molecule has 0 radical (unpaired) electrons. The summed E-state index contributed by atoms with van der Waals surface area (Å²) < 4.78 is 2.14. The maximum absolute atomic E-state index is 4.34. The second-order valence-corrected chi connectivity index (χ2v) is 10.0. The van der Waals surface area contributed by atoms with Crippen LogP contribution in [0, 0.1) is 22.7 Å². The summed E-state index contributed by atoms with van der Waals surface area (Å²) in [7, 11) is 0. The Morgan fingerprint density at radius 3 is 2.00 bits per heavy atom. The van der Waals surface area contributed by atoms with Crippen LogP contribution in [0.1, 0.15) is 106 Å². The molecule has 0 saturated carbocycles. The zero-order chi connectivity index (χ0) is 19.5. The molecule has 0 N–H and O–H groups in total. The summed E-state index contributed by atoms with van der Waals surface area (Å²) in [5, 5.41) is 8.65.